The van der Waals surface area contributed by atoms with E-state index in [4.69, 9.17) is 4.74 Å². The summed E-state index contributed by atoms with van der Waals surface area (Å²) in [6, 6.07) is -2.06. The van der Waals surface area contributed by atoms with Crippen molar-refractivity contribution in [2.75, 3.05) is 31.8 Å². The summed E-state index contributed by atoms with van der Waals surface area (Å²) >= 11 is 1.42. The molecule has 0 bridgehead atoms. The summed E-state index contributed by atoms with van der Waals surface area (Å²) in [5, 5.41) is 14.2. The zero-order valence-electron chi connectivity index (χ0n) is 23.9. The van der Waals surface area contributed by atoms with Crippen molar-refractivity contribution in [2.45, 2.75) is 122 Å². The smallest absolute Gasteiger partial charge is 0.330 e. The average Bonchev–Trinajstić information content (AvgIpc) is 2.90. The molecule has 0 rings (SSSR count). The first kappa shape index (κ1) is 36.2. The lowest BCUT2D eigenvalue weighted by molar-refractivity contribution is -0.146. The molecule has 2 amide bonds. The quantitative estimate of drug-likeness (QED) is 0.111. The molecule has 0 aromatic heterocycles. The van der Waals surface area contributed by atoms with Crippen LogP contribution in [-0.2, 0) is 28.7 Å². The number of ether oxygens (including phenoxy) is 2. The molecule has 0 aromatic rings. The summed E-state index contributed by atoms with van der Waals surface area (Å²) in [7, 11) is 1.16. The van der Waals surface area contributed by atoms with Gasteiger partial charge in [0.15, 0.2) is 6.04 Å². The standard InChI is InChI=1S/C28H52N2O7S/c1-4-5-6-7-8-9-10-11-12-13-14-15-16-18-26(33)37-19-17-20-38-22-25(29-23(2)32)27(34)30-24(21-31)28(35)36-3/h24-25,31H,4-22H2,1-3H3,(H,29,32)(H,30,34)/t24-,25+/m0/s1. The third kappa shape index (κ3) is 21.2. The van der Waals surface area contributed by atoms with Gasteiger partial charge in [-0.3, -0.25) is 14.4 Å². The molecule has 0 fully saturated rings. The van der Waals surface area contributed by atoms with Gasteiger partial charge in [0.25, 0.3) is 0 Å². The van der Waals surface area contributed by atoms with E-state index in [0.29, 0.717) is 25.2 Å². The van der Waals surface area contributed by atoms with Crippen LogP contribution in [0.15, 0.2) is 0 Å². The number of hydrogen-bond donors (Lipinski definition) is 3. The Morgan fingerprint density at radius 2 is 1.34 bits per heavy atom. The van der Waals surface area contributed by atoms with E-state index < -0.39 is 30.6 Å². The van der Waals surface area contributed by atoms with E-state index in [1.165, 1.54) is 89.3 Å². The zero-order valence-corrected chi connectivity index (χ0v) is 24.7. The second-order valence-corrected chi connectivity index (χ2v) is 10.8. The van der Waals surface area contributed by atoms with E-state index in [2.05, 4.69) is 22.3 Å². The van der Waals surface area contributed by atoms with Crippen LogP contribution in [0.3, 0.4) is 0 Å². The summed E-state index contributed by atoms with van der Waals surface area (Å²) in [4.78, 5) is 47.4. The molecule has 0 unspecified atom stereocenters. The van der Waals surface area contributed by atoms with Gasteiger partial charge in [0, 0.05) is 19.1 Å². The topological polar surface area (TPSA) is 131 Å². The summed E-state index contributed by atoms with van der Waals surface area (Å²) in [6.07, 6.45) is 17.5. The molecule has 0 aliphatic heterocycles. The monoisotopic (exact) mass is 560 g/mol. The van der Waals surface area contributed by atoms with Crippen molar-refractivity contribution in [2.24, 2.45) is 0 Å². The SMILES string of the molecule is CCCCCCCCCCCCCCCC(=O)OCCCSC[C@@H](NC(C)=O)C(=O)N[C@@H](CO)C(=O)OC. The summed E-state index contributed by atoms with van der Waals surface area (Å²) < 4.78 is 9.83. The van der Waals surface area contributed by atoms with Crippen molar-refractivity contribution in [3.63, 3.8) is 0 Å². The van der Waals surface area contributed by atoms with Crippen molar-refractivity contribution < 1.29 is 33.8 Å². The molecule has 0 aliphatic carbocycles. The van der Waals surface area contributed by atoms with Crippen molar-refractivity contribution in [1.29, 1.82) is 0 Å². The number of aliphatic hydroxyl groups excluding tert-OH is 1. The highest BCUT2D eigenvalue weighted by molar-refractivity contribution is 7.99. The Bertz CT molecular complexity index is 649. The molecule has 38 heavy (non-hydrogen) atoms. The van der Waals surface area contributed by atoms with Gasteiger partial charge < -0.3 is 25.2 Å². The zero-order chi connectivity index (χ0) is 28.4. The number of carbonyl (C=O) groups excluding carboxylic acids is 4. The minimum atomic E-state index is -1.19. The lowest BCUT2D eigenvalue weighted by atomic mass is 10.0. The number of methoxy groups -OCH3 is 1. The Morgan fingerprint density at radius 1 is 0.789 bits per heavy atom. The van der Waals surface area contributed by atoms with Crippen LogP contribution in [0, 0.1) is 0 Å². The van der Waals surface area contributed by atoms with Gasteiger partial charge in [-0.15, -0.1) is 0 Å². The Kier molecular flexibility index (Phi) is 24.3. The average molecular weight is 561 g/mol. The Balaban J connectivity index is 3.81. The predicted octanol–water partition coefficient (Wildman–Crippen LogP) is 4.29. The number of nitrogens with one attached hydrogen (secondary N) is 2. The number of esters is 2. The molecule has 9 nitrogen and oxygen atoms in total. The Labute approximate surface area is 233 Å². The molecule has 0 saturated carbocycles. The molecular formula is C28H52N2O7S. The first-order valence-electron chi connectivity index (χ1n) is 14.3. The molecular weight excluding hydrogens is 508 g/mol. The molecule has 0 aliphatic rings. The number of unbranched alkanes of at least 4 members (excludes halogenated alkanes) is 12. The van der Waals surface area contributed by atoms with E-state index in [-0.39, 0.29) is 17.6 Å². The third-order valence-corrected chi connectivity index (χ3v) is 7.29. The largest absolute Gasteiger partial charge is 0.467 e. The van der Waals surface area contributed by atoms with Crippen molar-refractivity contribution in [3.05, 3.63) is 0 Å². The van der Waals surface area contributed by atoms with Gasteiger partial charge in [0.1, 0.15) is 6.04 Å². The number of carbonyl (C=O) groups is 4. The van der Waals surface area contributed by atoms with E-state index in [0.717, 1.165) is 20.0 Å². The second-order valence-electron chi connectivity index (χ2n) is 9.66. The fourth-order valence-electron chi connectivity index (χ4n) is 3.93. The predicted molar refractivity (Wildman–Crippen MR) is 152 cm³/mol. The van der Waals surface area contributed by atoms with Crippen molar-refractivity contribution >= 4 is 35.5 Å². The van der Waals surface area contributed by atoms with Gasteiger partial charge in [-0.2, -0.15) is 11.8 Å². The highest BCUT2D eigenvalue weighted by Gasteiger charge is 2.26. The minimum Gasteiger partial charge on any atom is -0.467 e. The normalized spacial score (nSPS) is 12.4. The highest BCUT2D eigenvalue weighted by Crippen LogP contribution is 2.13. The first-order valence-corrected chi connectivity index (χ1v) is 15.5. The Morgan fingerprint density at radius 3 is 1.84 bits per heavy atom. The maximum Gasteiger partial charge on any atom is 0.330 e. The van der Waals surface area contributed by atoms with Gasteiger partial charge in [-0.05, 0) is 18.6 Å². The van der Waals surface area contributed by atoms with Crippen molar-refractivity contribution in [3.8, 4) is 0 Å². The van der Waals surface area contributed by atoms with E-state index >= 15 is 0 Å². The van der Waals surface area contributed by atoms with Gasteiger partial charge in [-0.1, -0.05) is 84.0 Å². The molecule has 0 saturated heterocycles. The number of thioether (sulfide) groups is 1. The Hall–Kier alpha value is -1.81. The van der Waals surface area contributed by atoms with Crippen LogP contribution in [0.2, 0.25) is 0 Å². The highest BCUT2D eigenvalue weighted by atomic mass is 32.2. The number of aliphatic hydroxyl groups is 1. The van der Waals surface area contributed by atoms with Gasteiger partial charge in [0.2, 0.25) is 11.8 Å². The maximum absolute atomic E-state index is 12.4. The molecule has 10 heteroatoms. The lowest BCUT2D eigenvalue weighted by Crippen LogP contribution is -2.53. The lowest BCUT2D eigenvalue weighted by Gasteiger charge is -2.20. The van der Waals surface area contributed by atoms with Crippen LogP contribution < -0.4 is 10.6 Å². The van der Waals surface area contributed by atoms with Crippen LogP contribution in [-0.4, -0.2) is 72.8 Å². The third-order valence-electron chi connectivity index (χ3n) is 6.14. The summed E-state index contributed by atoms with van der Waals surface area (Å²) in [6.45, 7) is 3.25. The molecule has 222 valence electrons. The fourth-order valence-corrected chi connectivity index (χ4v) is 4.89. The van der Waals surface area contributed by atoms with E-state index in [1.807, 2.05) is 0 Å². The van der Waals surface area contributed by atoms with Crippen LogP contribution >= 0.6 is 11.8 Å². The maximum atomic E-state index is 12.4. The molecule has 0 radical (unpaired) electrons. The van der Waals surface area contributed by atoms with Gasteiger partial charge in [0.05, 0.1) is 20.3 Å². The van der Waals surface area contributed by atoms with Gasteiger partial charge in [-0.25, -0.2) is 4.79 Å². The van der Waals surface area contributed by atoms with Gasteiger partial charge >= 0.3 is 11.9 Å². The number of rotatable bonds is 25. The fraction of sp³-hybridized carbons (Fsp3) is 0.857. The van der Waals surface area contributed by atoms with E-state index in [9.17, 15) is 24.3 Å². The van der Waals surface area contributed by atoms with E-state index in [1.54, 1.807) is 0 Å². The van der Waals surface area contributed by atoms with Crippen LogP contribution in [0.25, 0.3) is 0 Å². The minimum absolute atomic E-state index is 0.175. The van der Waals surface area contributed by atoms with Crippen molar-refractivity contribution in [1.82, 2.24) is 10.6 Å². The summed E-state index contributed by atoms with van der Waals surface area (Å²) in [5.41, 5.74) is 0. The first-order chi connectivity index (χ1) is 18.3. The molecule has 0 heterocycles. The number of hydrogen-bond acceptors (Lipinski definition) is 8. The second kappa shape index (κ2) is 25.5. The molecule has 0 aromatic carbocycles. The molecule has 2 atom stereocenters. The molecule has 0 spiro atoms. The van der Waals surface area contributed by atoms with Crippen LogP contribution in [0.1, 0.15) is 110 Å². The van der Waals surface area contributed by atoms with Crippen LogP contribution in [0.4, 0.5) is 0 Å². The number of amides is 2. The molecule has 3 N–H and O–H groups in total. The summed E-state index contributed by atoms with van der Waals surface area (Å²) in [5.74, 6) is -0.997. The van der Waals surface area contributed by atoms with Crippen LogP contribution in [0.5, 0.6) is 0 Å².